The first-order valence-electron chi connectivity index (χ1n) is 6.56. The molecule has 25 heavy (non-hydrogen) atoms. The highest BCUT2D eigenvalue weighted by Crippen LogP contribution is 2.54. The summed E-state index contributed by atoms with van der Waals surface area (Å²) in [5, 5.41) is -1.36. The fourth-order valence-electron chi connectivity index (χ4n) is 1.78. The molecule has 0 bridgehead atoms. The molecule has 0 aromatic heterocycles. The molecule has 1 rings (SSSR count). The van der Waals surface area contributed by atoms with Gasteiger partial charge in [-0.3, -0.25) is 4.99 Å². The molecule has 1 aromatic rings. The van der Waals surface area contributed by atoms with Crippen LogP contribution in [0.15, 0.2) is 28.9 Å². The molecule has 140 valence electrons. The van der Waals surface area contributed by atoms with E-state index in [0.717, 1.165) is 0 Å². The lowest BCUT2D eigenvalue weighted by Gasteiger charge is -2.30. The maximum Gasteiger partial charge on any atom is 0.435 e. The van der Waals surface area contributed by atoms with Crippen LogP contribution in [0.25, 0.3) is 0 Å². The Labute approximate surface area is 148 Å². The lowest BCUT2D eigenvalue weighted by Crippen LogP contribution is -2.50. The van der Waals surface area contributed by atoms with Gasteiger partial charge in [-0.15, -0.1) is 0 Å². The van der Waals surface area contributed by atoms with E-state index in [4.69, 9.17) is 28.9 Å². The molecule has 0 heterocycles. The van der Waals surface area contributed by atoms with Crippen molar-refractivity contribution in [3.8, 4) is 0 Å². The van der Waals surface area contributed by atoms with Crippen molar-refractivity contribution in [1.29, 1.82) is 0 Å². The Kier molecular flexibility index (Phi) is 6.39. The second kappa shape index (κ2) is 7.41. The van der Waals surface area contributed by atoms with E-state index in [9.17, 15) is 30.7 Å². The largest absolute Gasteiger partial charge is 0.435 e. The predicted octanol–water partition coefficient (Wildman–Crippen LogP) is 6.24. The number of hydrogen-bond donors (Lipinski definition) is 1. The van der Waals surface area contributed by atoms with Crippen molar-refractivity contribution >= 4 is 35.1 Å². The maximum absolute atomic E-state index is 14.0. The lowest BCUT2D eigenvalue weighted by molar-refractivity contribution is -0.348. The molecular weight excluding hydrogens is 400 g/mol. The third-order valence-corrected chi connectivity index (χ3v) is 3.75. The summed E-state index contributed by atoms with van der Waals surface area (Å²) in [6.45, 7) is 1.72. The van der Waals surface area contributed by atoms with Gasteiger partial charge in [0.25, 0.3) is 0 Å². The second-order valence-corrected chi connectivity index (χ2v) is 5.61. The van der Waals surface area contributed by atoms with E-state index in [-0.39, 0.29) is 17.8 Å². The Bertz CT molecular complexity index is 656. The zero-order valence-corrected chi connectivity index (χ0v) is 14.0. The van der Waals surface area contributed by atoms with Crippen molar-refractivity contribution in [1.82, 2.24) is 0 Å². The summed E-state index contributed by atoms with van der Waals surface area (Å²) in [4.78, 5) is 3.77. The molecule has 0 spiro atoms. The van der Waals surface area contributed by atoms with Crippen LogP contribution in [0, 0.1) is 0 Å². The third kappa shape index (κ3) is 4.20. The lowest BCUT2D eigenvalue weighted by atomic mass is 9.94. The molecule has 0 fully saturated rings. The molecule has 11 heteroatoms. The molecule has 0 saturated heterocycles. The zero-order chi connectivity index (χ0) is 19.6. The van der Waals surface area contributed by atoms with Crippen LogP contribution in [-0.2, 0) is 5.67 Å². The van der Waals surface area contributed by atoms with Gasteiger partial charge in [-0.05, 0) is 30.3 Å². The van der Waals surface area contributed by atoms with Crippen LogP contribution in [0.5, 0.6) is 0 Å². The average molecular weight is 411 g/mol. The van der Waals surface area contributed by atoms with Crippen LogP contribution in [0.1, 0.15) is 18.9 Å². The highest BCUT2D eigenvalue weighted by molar-refractivity contribution is 6.39. The molecule has 0 radical (unpaired) electrons. The monoisotopic (exact) mass is 410 g/mol. The first-order valence-corrected chi connectivity index (χ1v) is 7.31. The molecule has 0 unspecified atom stereocenters. The highest BCUT2D eigenvalue weighted by Gasteiger charge is 2.73. The van der Waals surface area contributed by atoms with Crippen LogP contribution < -0.4 is 5.73 Å². The number of allylic oxidation sites excluding steroid dienone is 1. The molecule has 0 aliphatic rings. The molecule has 0 aliphatic carbocycles. The van der Waals surface area contributed by atoms with Crippen LogP contribution in [0.2, 0.25) is 10.0 Å². The number of hydrogen-bond acceptors (Lipinski definition) is 2. The molecule has 1 aromatic carbocycles. The summed E-state index contributed by atoms with van der Waals surface area (Å²) in [6, 6.07) is 0.387. The quantitative estimate of drug-likeness (QED) is 0.463. The molecule has 0 saturated carbocycles. The minimum absolute atomic E-state index is 0.193. The minimum Gasteiger partial charge on any atom is -0.404 e. The van der Waals surface area contributed by atoms with Gasteiger partial charge in [-0.25, -0.2) is 4.39 Å². The fourth-order valence-corrected chi connectivity index (χ4v) is 2.36. The standard InChI is InChI=1S/C14H11Cl2F7N2/c1-2-7(5-24)6-25-11-9(15)3-8(4-10(11)16)12(17,13(18,19)20)14(21,22)23/h3-6H,2,24H2,1H3. The number of benzene rings is 1. The van der Waals surface area contributed by atoms with Crippen molar-refractivity contribution in [2.75, 3.05) is 0 Å². The zero-order valence-electron chi connectivity index (χ0n) is 12.4. The second-order valence-electron chi connectivity index (χ2n) is 4.80. The Morgan fingerprint density at radius 3 is 1.80 bits per heavy atom. The number of alkyl halides is 7. The van der Waals surface area contributed by atoms with Gasteiger partial charge < -0.3 is 5.73 Å². The summed E-state index contributed by atoms with van der Waals surface area (Å²) in [5.41, 5.74) is -1.94. The van der Waals surface area contributed by atoms with Gasteiger partial charge in [0.1, 0.15) is 5.69 Å². The van der Waals surface area contributed by atoms with Crippen LogP contribution in [0.3, 0.4) is 0 Å². The van der Waals surface area contributed by atoms with E-state index in [1.165, 1.54) is 12.4 Å². The Morgan fingerprint density at radius 1 is 1.04 bits per heavy atom. The topological polar surface area (TPSA) is 38.4 Å². The Morgan fingerprint density at radius 2 is 1.48 bits per heavy atom. The SMILES string of the molecule is CCC(C=Nc1c(Cl)cc(C(F)(C(F)(F)F)C(F)(F)F)cc1Cl)=CN. The van der Waals surface area contributed by atoms with Crippen molar-refractivity contribution in [2.45, 2.75) is 31.4 Å². The number of rotatable bonds is 4. The summed E-state index contributed by atoms with van der Waals surface area (Å²) >= 11 is 11.3. The van der Waals surface area contributed by atoms with E-state index in [0.29, 0.717) is 12.0 Å². The van der Waals surface area contributed by atoms with Gasteiger partial charge >= 0.3 is 18.0 Å². The average Bonchev–Trinajstić information content (AvgIpc) is 2.46. The summed E-state index contributed by atoms with van der Waals surface area (Å²) < 4.78 is 90.6. The smallest absolute Gasteiger partial charge is 0.404 e. The van der Waals surface area contributed by atoms with Crippen LogP contribution >= 0.6 is 23.2 Å². The van der Waals surface area contributed by atoms with E-state index < -0.39 is 33.6 Å². The molecule has 0 atom stereocenters. The molecule has 2 N–H and O–H groups in total. The van der Waals surface area contributed by atoms with Crippen molar-refractivity contribution in [3.63, 3.8) is 0 Å². The number of nitrogens with zero attached hydrogens (tertiary/aromatic N) is 1. The van der Waals surface area contributed by atoms with E-state index >= 15 is 0 Å². The first-order chi connectivity index (χ1) is 11.3. The Hall–Kier alpha value is -1.48. The van der Waals surface area contributed by atoms with Gasteiger partial charge in [-0.1, -0.05) is 30.1 Å². The normalized spacial score (nSPS) is 14.4. The summed E-state index contributed by atoms with van der Waals surface area (Å²) in [6.07, 6.45) is -9.70. The van der Waals surface area contributed by atoms with Crippen LogP contribution in [-0.4, -0.2) is 18.6 Å². The van der Waals surface area contributed by atoms with Gasteiger partial charge in [0.2, 0.25) is 0 Å². The van der Waals surface area contributed by atoms with Gasteiger partial charge in [0.05, 0.1) is 10.0 Å². The van der Waals surface area contributed by atoms with Gasteiger partial charge in [-0.2, -0.15) is 26.3 Å². The number of halogens is 9. The molecular formula is C14H11Cl2F7N2. The number of aliphatic imine (C=N–C) groups is 1. The van der Waals surface area contributed by atoms with E-state index in [1.807, 2.05) is 0 Å². The van der Waals surface area contributed by atoms with E-state index in [1.54, 1.807) is 6.92 Å². The molecule has 0 aliphatic heterocycles. The predicted molar refractivity (Wildman–Crippen MR) is 82.1 cm³/mol. The van der Waals surface area contributed by atoms with Crippen molar-refractivity contribution in [2.24, 2.45) is 10.7 Å². The summed E-state index contributed by atoms with van der Waals surface area (Å²) in [5.74, 6) is 0. The van der Waals surface area contributed by atoms with Crippen molar-refractivity contribution in [3.05, 3.63) is 39.5 Å². The summed E-state index contributed by atoms with van der Waals surface area (Å²) in [7, 11) is 0. The third-order valence-electron chi connectivity index (χ3n) is 3.18. The van der Waals surface area contributed by atoms with Gasteiger partial charge in [0, 0.05) is 11.8 Å². The van der Waals surface area contributed by atoms with Crippen LogP contribution in [0.4, 0.5) is 36.4 Å². The Balaban J connectivity index is 3.53. The van der Waals surface area contributed by atoms with Crippen molar-refractivity contribution < 1.29 is 30.7 Å². The van der Waals surface area contributed by atoms with E-state index in [2.05, 4.69) is 4.99 Å². The van der Waals surface area contributed by atoms with Gasteiger partial charge in [0.15, 0.2) is 0 Å². The maximum atomic E-state index is 14.0. The number of nitrogens with two attached hydrogens (primary N) is 1. The molecule has 2 nitrogen and oxygen atoms in total. The minimum atomic E-state index is -6.26. The highest BCUT2D eigenvalue weighted by atomic mass is 35.5. The first kappa shape index (κ1) is 21.6. The molecule has 0 amide bonds. The fraction of sp³-hybridized carbons (Fsp3) is 0.357.